The maximum atomic E-state index is 11.6. The lowest BCUT2D eigenvalue weighted by Gasteiger charge is -2.08. The van der Waals surface area contributed by atoms with Crippen molar-refractivity contribution >= 4 is 39.7 Å². The molecule has 0 aliphatic rings. The number of nitrogens with one attached hydrogen (secondary N) is 1. The van der Waals surface area contributed by atoms with Crippen molar-refractivity contribution in [2.45, 2.75) is 5.16 Å². The summed E-state index contributed by atoms with van der Waals surface area (Å²) in [5, 5.41) is 9.69. The topological polar surface area (TPSA) is 84.0 Å². The van der Waals surface area contributed by atoms with Crippen molar-refractivity contribution in [2.75, 3.05) is 27.0 Å². The van der Waals surface area contributed by atoms with Crippen LogP contribution >= 0.6 is 11.8 Å². The van der Waals surface area contributed by atoms with Crippen molar-refractivity contribution in [1.82, 2.24) is 25.1 Å². The number of nitrogens with zero attached hydrogens (tertiary/aromatic N) is 4. The van der Waals surface area contributed by atoms with Gasteiger partial charge in [-0.25, -0.2) is 4.98 Å². The Balaban J connectivity index is 1.93. The molecule has 1 amide bonds. The minimum atomic E-state index is 0.00933. The normalized spacial score (nSPS) is 11.0. The Hall–Kier alpha value is -2.35. The van der Waals surface area contributed by atoms with Crippen molar-refractivity contribution in [1.29, 1.82) is 0 Å². The first-order valence-electron chi connectivity index (χ1n) is 6.61. The van der Waals surface area contributed by atoms with E-state index in [0.29, 0.717) is 16.3 Å². The molecular weight excluding hydrogens is 302 g/mol. The van der Waals surface area contributed by atoms with Crippen molar-refractivity contribution in [3.63, 3.8) is 0 Å². The third-order valence-electron chi connectivity index (χ3n) is 3.23. The molecule has 22 heavy (non-hydrogen) atoms. The molecule has 3 aromatic rings. The molecule has 1 N–H and O–H groups in total. The number of hydrogen-bond acceptors (Lipinski definition) is 6. The van der Waals surface area contributed by atoms with E-state index in [0.717, 1.165) is 16.7 Å². The van der Waals surface area contributed by atoms with Crippen LogP contribution in [0.1, 0.15) is 0 Å². The number of benzene rings is 1. The molecule has 2 heterocycles. The summed E-state index contributed by atoms with van der Waals surface area (Å²) in [6.07, 6.45) is 0. The summed E-state index contributed by atoms with van der Waals surface area (Å²) in [5.41, 5.74) is 2.26. The van der Waals surface area contributed by atoms with Crippen molar-refractivity contribution in [3.05, 3.63) is 18.2 Å². The number of hydrogen-bond donors (Lipinski definition) is 1. The van der Waals surface area contributed by atoms with Gasteiger partial charge in [0.05, 0.1) is 12.9 Å². The summed E-state index contributed by atoms with van der Waals surface area (Å²) in [6.45, 7) is 0. The molecule has 0 bridgehead atoms. The highest BCUT2D eigenvalue weighted by Gasteiger charge is 2.12. The summed E-state index contributed by atoms with van der Waals surface area (Å²) in [6, 6.07) is 5.68. The van der Waals surface area contributed by atoms with Gasteiger partial charge >= 0.3 is 0 Å². The van der Waals surface area contributed by atoms with Gasteiger partial charge in [0, 0.05) is 25.0 Å². The maximum Gasteiger partial charge on any atom is 0.232 e. The van der Waals surface area contributed by atoms with E-state index >= 15 is 0 Å². The fourth-order valence-electron chi connectivity index (χ4n) is 1.98. The van der Waals surface area contributed by atoms with Crippen LogP contribution in [-0.4, -0.2) is 57.9 Å². The third-order valence-corrected chi connectivity index (χ3v) is 4.05. The molecule has 0 spiro atoms. The van der Waals surface area contributed by atoms with Gasteiger partial charge < -0.3 is 14.6 Å². The molecule has 3 rings (SSSR count). The lowest BCUT2D eigenvalue weighted by atomic mass is 10.2. The third kappa shape index (κ3) is 2.69. The predicted molar refractivity (Wildman–Crippen MR) is 85.2 cm³/mol. The SMILES string of the molecule is COc1ccc2[nH]c3nc(SCC(=O)N(C)C)nnc3c2c1. The lowest BCUT2D eigenvalue weighted by molar-refractivity contribution is -0.125. The number of fused-ring (bicyclic) bond motifs is 3. The number of H-pyrrole nitrogens is 1. The molecule has 1 aromatic carbocycles. The molecule has 7 nitrogen and oxygen atoms in total. The highest BCUT2D eigenvalue weighted by molar-refractivity contribution is 7.99. The molecule has 114 valence electrons. The van der Waals surface area contributed by atoms with Crippen LogP contribution in [0.3, 0.4) is 0 Å². The summed E-state index contributed by atoms with van der Waals surface area (Å²) >= 11 is 1.27. The monoisotopic (exact) mass is 317 g/mol. The first-order chi connectivity index (χ1) is 10.6. The average molecular weight is 317 g/mol. The van der Waals surface area contributed by atoms with Gasteiger partial charge in [0.1, 0.15) is 11.3 Å². The minimum Gasteiger partial charge on any atom is -0.497 e. The minimum absolute atomic E-state index is 0.00933. The Kier molecular flexibility index (Phi) is 3.84. The fourth-order valence-corrected chi connectivity index (χ4v) is 2.74. The van der Waals surface area contributed by atoms with Gasteiger partial charge in [-0.2, -0.15) is 0 Å². The first kappa shape index (κ1) is 14.6. The molecular formula is C14H15N5O2S. The van der Waals surface area contributed by atoms with E-state index in [-0.39, 0.29) is 11.7 Å². The van der Waals surface area contributed by atoms with Gasteiger partial charge in [0.15, 0.2) is 5.65 Å². The quantitative estimate of drug-likeness (QED) is 0.737. The number of ether oxygens (including phenoxy) is 1. The van der Waals surface area contributed by atoms with E-state index in [9.17, 15) is 4.79 Å². The standard InChI is InChI=1S/C14H15N5O2S/c1-19(2)11(20)7-22-14-16-13-12(17-18-14)9-6-8(21-3)4-5-10(9)15-13/h4-6H,7H2,1-3H3,(H,15,16,18). The average Bonchev–Trinajstić information content (AvgIpc) is 2.89. The predicted octanol–water partition coefficient (Wildman–Crippen LogP) is 1.69. The number of carbonyl (C=O) groups excluding carboxylic acids is 1. The smallest absolute Gasteiger partial charge is 0.232 e. The van der Waals surface area contributed by atoms with E-state index in [1.165, 1.54) is 16.7 Å². The molecule has 8 heteroatoms. The van der Waals surface area contributed by atoms with Gasteiger partial charge in [-0.15, -0.1) is 10.2 Å². The summed E-state index contributed by atoms with van der Waals surface area (Å²) in [5.74, 6) is 1.05. The van der Waals surface area contributed by atoms with Crippen LogP contribution in [0.5, 0.6) is 5.75 Å². The Labute approximate surface area is 131 Å². The van der Waals surface area contributed by atoms with Crippen molar-refractivity contribution in [2.24, 2.45) is 0 Å². The van der Waals surface area contributed by atoms with Gasteiger partial charge in [0.2, 0.25) is 11.1 Å². The molecule has 0 aliphatic heterocycles. The largest absolute Gasteiger partial charge is 0.497 e. The molecule has 0 atom stereocenters. The number of carbonyl (C=O) groups is 1. The molecule has 0 saturated carbocycles. The molecule has 0 radical (unpaired) electrons. The Bertz CT molecular complexity index is 846. The zero-order chi connectivity index (χ0) is 15.7. The van der Waals surface area contributed by atoms with Gasteiger partial charge in [-0.1, -0.05) is 11.8 Å². The molecule has 2 aromatic heterocycles. The summed E-state index contributed by atoms with van der Waals surface area (Å²) in [7, 11) is 5.06. The van der Waals surface area contributed by atoms with Gasteiger partial charge in [0.25, 0.3) is 0 Å². The van der Waals surface area contributed by atoms with Crippen molar-refractivity contribution < 1.29 is 9.53 Å². The van der Waals surface area contributed by atoms with Crippen LogP contribution in [0.15, 0.2) is 23.4 Å². The lowest BCUT2D eigenvalue weighted by Crippen LogP contribution is -2.23. The van der Waals surface area contributed by atoms with E-state index in [4.69, 9.17) is 4.74 Å². The number of aromatic nitrogens is 4. The van der Waals surface area contributed by atoms with E-state index in [1.54, 1.807) is 21.2 Å². The first-order valence-corrected chi connectivity index (χ1v) is 7.60. The van der Waals surface area contributed by atoms with Crippen LogP contribution in [-0.2, 0) is 4.79 Å². The number of amides is 1. The summed E-state index contributed by atoms with van der Waals surface area (Å²) in [4.78, 5) is 20.8. The van der Waals surface area contributed by atoms with Crippen LogP contribution in [0.2, 0.25) is 0 Å². The van der Waals surface area contributed by atoms with E-state index in [1.807, 2.05) is 18.2 Å². The van der Waals surface area contributed by atoms with Crippen LogP contribution < -0.4 is 4.74 Å². The molecule has 0 aliphatic carbocycles. The fraction of sp³-hybridized carbons (Fsp3) is 0.286. The van der Waals surface area contributed by atoms with Crippen LogP contribution in [0, 0.1) is 0 Å². The van der Waals surface area contributed by atoms with E-state index in [2.05, 4.69) is 20.2 Å². The van der Waals surface area contributed by atoms with Gasteiger partial charge in [-0.05, 0) is 18.2 Å². The Morgan fingerprint density at radius 3 is 2.91 bits per heavy atom. The van der Waals surface area contributed by atoms with Gasteiger partial charge in [-0.3, -0.25) is 4.79 Å². The van der Waals surface area contributed by atoms with E-state index < -0.39 is 0 Å². The van der Waals surface area contributed by atoms with Crippen molar-refractivity contribution in [3.8, 4) is 5.75 Å². The zero-order valence-corrected chi connectivity index (χ0v) is 13.3. The number of methoxy groups -OCH3 is 1. The number of aromatic amines is 1. The van der Waals surface area contributed by atoms with Crippen LogP contribution in [0.25, 0.3) is 22.1 Å². The number of thioether (sulfide) groups is 1. The molecule has 0 unspecified atom stereocenters. The molecule has 0 saturated heterocycles. The highest BCUT2D eigenvalue weighted by Crippen LogP contribution is 2.27. The second kappa shape index (κ2) is 5.80. The second-order valence-corrected chi connectivity index (χ2v) is 5.85. The maximum absolute atomic E-state index is 11.6. The molecule has 0 fully saturated rings. The Morgan fingerprint density at radius 1 is 1.36 bits per heavy atom. The number of rotatable bonds is 4. The zero-order valence-electron chi connectivity index (χ0n) is 12.5. The summed E-state index contributed by atoms with van der Waals surface area (Å²) < 4.78 is 5.22. The highest BCUT2D eigenvalue weighted by atomic mass is 32.2. The van der Waals surface area contributed by atoms with Crippen LogP contribution in [0.4, 0.5) is 0 Å². The second-order valence-electron chi connectivity index (χ2n) is 4.90. The Morgan fingerprint density at radius 2 is 2.18 bits per heavy atom.